The highest BCUT2D eigenvalue weighted by Crippen LogP contribution is 2.68. The normalized spacial score (nSPS) is 25.8. The standard InChI is InChI=1S/C15H25O3P/c1-5-17-19(16,18-6-2)14-13-10-8-7-9-12(13)11-15(14,3)4/h8,10,12H,5-7,9,11H2,1-4H3. The molecule has 0 aliphatic heterocycles. The van der Waals surface area contributed by atoms with E-state index in [9.17, 15) is 4.57 Å². The van der Waals surface area contributed by atoms with Gasteiger partial charge in [-0.2, -0.15) is 0 Å². The SMILES string of the molecule is CCOP(=O)(OCC)C1=C2C=CCCC2CC1(C)C. The molecule has 0 heterocycles. The summed E-state index contributed by atoms with van der Waals surface area (Å²) >= 11 is 0. The summed E-state index contributed by atoms with van der Waals surface area (Å²) in [4.78, 5) is 0. The molecule has 1 unspecified atom stereocenters. The van der Waals surface area contributed by atoms with Gasteiger partial charge in [0.1, 0.15) is 0 Å². The summed E-state index contributed by atoms with van der Waals surface area (Å²) < 4.78 is 24.3. The molecule has 0 spiro atoms. The molecule has 0 radical (unpaired) electrons. The second kappa shape index (κ2) is 5.55. The first-order chi connectivity index (χ1) is 8.94. The Balaban J connectivity index is 2.50. The molecule has 2 rings (SSSR count). The van der Waals surface area contributed by atoms with Crippen LogP contribution in [0.25, 0.3) is 0 Å². The Morgan fingerprint density at radius 1 is 1.32 bits per heavy atom. The molecule has 0 fully saturated rings. The van der Waals surface area contributed by atoms with Gasteiger partial charge in [-0.25, -0.2) is 0 Å². The number of allylic oxidation sites excluding steroid dienone is 4. The van der Waals surface area contributed by atoms with E-state index in [1.54, 1.807) is 0 Å². The quantitative estimate of drug-likeness (QED) is 0.673. The molecule has 0 saturated carbocycles. The van der Waals surface area contributed by atoms with E-state index in [4.69, 9.17) is 9.05 Å². The van der Waals surface area contributed by atoms with Gasteiger partial charge in [-0.05, 0) is 50.0 Å². The van der Waals surface area contributed by atoms with Crippen molar-refractivity contribution in [1.82, 2.24) is 0 Å². The second-order valence-electron chi connectivity index (χ2n) is 5.90. The lowest BCUT2D eigenvalue weighted by molar-refractivity contribution is 0.219. The number of rotatable bonds is 5. The van der Waals surface area contributed by atoms with Gasteiger partial charge in [0.15, 0.2) is 0 Å². The van der Waals surface area contributed by atoms with Crippen molar-refractivity contribution in [2.75, 3.05) is 13.2 Å². The van der Waals surface area contributed by atoms with Crippen molar-refractivity contribution in [3.8, 4) is 0 Å². The van der Waals surface area contributed by atoms with Crippen LogP contribution in [0.5, 0.6) is 0 Å². The monoisotopic (exact) mass is 284 g/mol. The molecule has 3 nitrogen and oxygen atoms in total. The van der Waals surface area contributed by atoms with Crippen LogP contribution < -0.4 is 0 Å². The van der Waals surface area contributed by atoms with Crippen LogP contribution in [-0.4, -0.2) is 13.2 Å². The van der Waals surface area contributed by atoms with Gasteiger partial charge in [-0.15, -0.1) is 0 Å². The lowest BCUT2D eigenvalue weighted by Gasteiger charge is -2.28. The molecule has 0 N–H and O–H groups in total. The van der Waals surface area contributed by atoms with Crippen LogP contribution in [0.15, 0.2) is 23.0 Å². The van der Waals surface area contributed by atoms with Gasteiger partial charge < -0.3 is 9.05 Å². The number of hydrogen-bond donors (Lipinski definition) is 0. The van der Waals surface area contributed by atoms with Crippen LogP contribution in [0.2, 0.25) is 0 Å². The molecule has 0 amide bonds. The molecule has 108 valence electrons. The molecule has 0 saturated heterocycles. The van der Waals surface area contributed by atoms with Crippen LogP contribution in [0, 0.1) is 11.3 Å². The Hall–Kier alpha value is -0.370. The number of hydrogen-bond acceptors (Lipinski definition) is 3. The van der Waals surface area contributed by atoms with Crippen LogP contribution in [0.3, 0.4) is 0 Å². The Morgan fingerprint density at radius 2 is 1.95 bits per heavy atom. The third-order valence-electron chi connectivity index (χ3n) is 3.96. The van der Waals surface area contributed by atoms with Crippen molar-refractivity contribution < 1.29 is 13.6 Å². The van der Waals surface area contributed by atoms with E-state index >= 15 is 0 Å². The average Bonchev–Trinajstić information content (AvgIpc) is 2.59. The van der Waals surface area contributed by atoms with Gasteiger partial charge in [0.05, 0.1) is 18.5 Å². The van der Waals surface area contributed by atoms with Crippen LogP contribution in [0.1, 0.15) is 47.0 Å². The van der Waals surface area contributed by atoms with Crippen molar-refractivity contribution in [2.45, 2.75) is 47.0 Å². The van der Waals surface area contributed by atoms with E-state index in [2.05, 4.69) is 26.0 Å². The summed E-state index contributed by atoms with van der Waals surface area (Å²) in [7, 11) is -3.15. The average molecular weight is 284 g/mol. The predicted octanol–water partition coefficient (Wildman–Crippen LogP) is 4.90. The fraction of sp³-hybridized carbons (Fsp3) is 0.733. The summed E-state index contributed by atoms with van der Waals surface area (Å²) in [6, 6.07) is 0. The van der Waals surface area contributed by atoms with Crippen LogP contribution in [-0.2, 0) is 13.6 Å². The summed E-state index contributed by atoms with van der Waals surface area (Å²) in [5.41, 5.74) is 1.11. The Bertz CT molecular complexity index is 438. The fourth-order valence-electron chi connectivity index (χ4n) is 3.42. The maximum atomic E-state index is 13.1. The van der Waals surface area contributed by atoms with Crippen molar-refractivity contribution in [1.29, 1.82) is 0 Å². The summed E-state index contributed by atoms with van der Waals surface area (Å²) in [5, 5.41) is 0.921. The lowest BCUT2D eigenvalue weighted by Crippen LogP contribution is -2.14. The zero-order valence-corrected chi connectivity index (χ0v) is 13.3. The summed E-state index contributed by atoms with van der Waals surface area (Å²) in [6.45, 7) is 8.88. The van der Waals surface area contributed by atoms with E-state index in [-0.39, 0.29) is 5.41 Å². The maximum Gasteiger partial charge on any atom is 0.358 e. The smallest absolute Gasteiger partial charge is 0.306 e. The third kappa shape index (κ3) is 2.74. The molecule has 1 atom stereocenters. The second-order valence-corrected chi connectivity index (χ2v) is 7.86. The molecule has 0 aromatic heterocycles. The van der Waals surface area contributed by atoms with Crippen LogP contribution >= 0.6 is 7.60 Å². The zero-order chi connectivity index (χ0) is 14.1. The molecule has 0 aromatic carbocycles. The highest BCUT2D eigenvalue weighted by atomic mass is 31.2. The van der Waals surface area contributed by atoms with Gasteiger partial charge in [-0.1, -0.05) is 26.0 Å². The van der Waals surface area contributed by atoms with E-state index in [1.165, 1.54) is 5.57 Å². The topological polar surface area (TPSA) is 35.5 Å². The Morgan fingerprint density at radius 3 is 2.53 bits per heavy atom. The molecule has 4 heteroatoms. The van der Waals surface area contributed by atoms with Gasteiger partial charge in [0.2, 0.25) is 0 Å². The molecule has 0 aromatic rings. The molecule has 2 aliphatic rings. The highest BCUT2D eigenvalue weighted by molar-refractivity contribution is 7.58. The van der Waals surface area contributed by atoms with Crippen molar-refractivity contribution in [3.63, 3.8) is 0 Å². The molecule has 2 aliphatic carbocycles. The Labute approximate surface area is 116 Å². The van der Waals surface area contributed by atoms with E-state index in [0.717, 1.165) is 24.6 Å². The van der Waals surface area contributed by atoms with E-state index in [0.29, 0.717) is 19.1 Å². The maximum absolute atomic E-state index is 13.1. The first kappa shape index (κ1) is 15.0. The molecular weight excluding hydrogens is 259 g/mol. The van der Waals surface area contributed by atoms with Gasteiger partial charge in [-0.3, -0.25) is 4.57 Å². The minimum absolute atomic E-state index is 0.103. The molecular formula is C15H25O3P. The third-order valence-corrected chi connectivity index (χ3v) is 6.57. The van der Waals surface area contributed by atoms with Gasteiger partial charge >= 0.3 is 7.60 Å². The summed E-state index contributed by atoms with van der Waals surface area (Å²) in [6.07, 6.45) is 7.63. The largest absolute Gasteiger partial charge is 0.358 e. The van der Waals surface area contributed by atoms with Gasteiger partial charge in [0, 0.05) is 0 Å². The fourth-order valence-corrected chi connectivity index (χ4v) is 5.84. The first-order valence-corrected chi connectivity index (χ1v) is 8.79. The Kier molecular flexibility index (Phi) is 4.39. The predicted molar refractivity (Wildman–Crippen MR) is 78.1 cm³/mol. The lowest BCUT2D eigenvalue weighted by atomic mass is 9.86. The molecule has 19 heavy (non-hydrogen) atoms. The minimum atomic E-state index is -3.15. The van der Waals surface area contributed by atoms with E-state index < -0.39 is 7.60 Å². The zero-order valence-electron chi connectivity index (χ0n) is 12.4. The summed E-state index contributed by atoms with van der Waals surface area (Å²) in [5.74, 6) is 0.518. The van der Waals surface area contributed by atoms with Crippen molar-refractivity contribution in [3.05, 3.63) is 23.0 Å². The van der Waals surface area contributed by atoms with E-state index in [1.807, 2.05) is 13.8 Å². The highest BCUT2D eigenvalue weighted by Gasteiger charge is 2.48. The molecule has 0 bridgehead atoms. The van der Waals surface area contributed by atoms with Crippen LogP contribution in [0.4, 0.5) is 0 Å². The van der Waals surface area contributed by atoms with Crippen molar-refractivity contribution in [2.24, 2.45) is 11.3 Å². The number of fused-ring (bicyclic) bond motifs is 1. The van der Waals surface area contributed by atoms with Crippen molar-refractivity contribution >= 4 is 7.60 Å². The first-order valence-electron chi connectivity index (χ1n) is 7.25. The minimum Gasteiger partial charge on any atom is -0.306 e. The van der Waals surface area contributed by atoms with Gasteiger partial charge in [0.25, 0.3) is 0 Å².